The van der Waals surface area contributed by atoms with Gasteiger partial charge in [0.25, 0.3) is 0 Å². The predicted octanol–water partition coefficient (Wildman–Crippen LogP) is 2.96. The van der Waals surface area contributed by atoms with E-state index in [9.17, 15) is 0 Å². The van der Waals surface area contributed by atoms with Crippen LogP contribution in [0.4, 0.5) is 17.3 Å². The largest absolute Gasteiger partial charge is 0.384 e. The monoisotopic (exact) mass is 236 g/mol. The molecule has 0 radical (unpaired) electrons. The van der Waals surface area contributed by atoms with Gasteiger partial charge in [-0.2, -0.15) is 0 Å². The highest BCUT2D eigenvalue weighted by molar-refractivity contribution is 5.78. The van der Waals surface area contributed by atoms with Gasteiger partial charge in [0.05, 0.1) is 0 Å². The summed E-state index contributed by atoms with van der Waals surface area (Å²) in [5.41, 5.74) is 7.30. The van der Waals surface area contributed by atoms with Crippen molar-refractivity contribution in [2.75, 3.05) is 11.1 Å². The summed E-state index contributed by atoms with van der Waals surface area (Å²) >= 11 is 0. The Morgan fingerprint density at radius 1 is 0.833 bits per heavy atom. The van der Waals surface area contributed by atoms with E-state index in [1.54, 1.807) is 6.07 Å². The van der Waals surface area contributed by atoms with Crippen molar-refractivity contribution in [1.82, 2.24) is 9.97 Å². The van der Waals surface area contributed by atoms with Gasteiger partial charge in [0.15, 0.2) is 5.65 Å². The van der Waals surface area contributed by atoms with Gasteiger partial charge in [0, 0.05) is 11.1 Å². The van der Waals surface area contributed by atoms with Crippen LogP contribution in [0, 0.1) is 0 Å². The topological polar surface area (TPSA) is 63.8 Å². The van der Waals surface area contributed by atoms with Crippen LogP contribution >= 0.6 is 0 Å². The zero-order valence-corrected chi connectivity index (χ0v) is 9.67. The number of benzene rings is 1. The van der Waals surface area contributed by atoms with Crippen molar-refractivity contribution < 1.29 is 0 Å². The number of nitrogen functional groups attached to an aromatic ring is 1. The lowest BCUT2D eigenvalue weighted by Gasteiger charge is -2.06. The van der Waals surface area contributed by atoms with E-state index < -0.39 is 0 Å². The van der Waals surface area contributed by atoms with Crippen LogP contribution in [0.15, 0.2) is 54.6 Å². The molecule has 0 bridgehead atoms. The Hall–Kier alpha value is -2.62. The molecule has 0 saturated heterocycles. The summed E-state index contributed by atoms with van der Waals surface area (Å²) in [6, 6.07) is 17.5. The number of aromatic nitrogens is 2. The smallest absolute Gasteiger partial charge is 0.163 e. The van der Waals surface area contributed by atoms with Crippen LogP contribution in [0.25, 0.3) is 11.0 Å². The van der Waals surface area contributed by atoms with Gasteiger partial charge >= 0.3 is 0 Å². The second kappa shape index (κ2) is 4.33. The summed E-state index contributed by atoms with van der Waals surface area (Å²) in [6.07, 6.45) is 0. The molecule has 3 rings (SSSR count). The molecule has 3 N–H and O–H groups in total. The van der Waals surface area contributed by atoms with Gasteiger partial charge in [0.1, 0.15) is 11.6 Å². The number of nitrogens with two attached hydrogens (primary N) is 1. The van der Waals surface area contributed by atoms with E-state index in [4.69, 9.17) is 5.73 Å². The third-order valence-electron chi connectivity index (χ3n) is 2.62. The molecule has 0 saturated carbocycles. The van der Waals surface area contributed by atoms with Gasteiger partial charge in [-0.25, -0.2) is 9.97 Å². The lowest BCUT2D eigenvalue weighted by molar-refractivity contribution is 1.28. The normalized spacial score (nSPS) is 10.4. The van der Waals surface area contributed by atoms with Crippen LogP contribution in [-0.2, 0) is 0 Å². The molecule has 2 aromatic heterocycles. The van der Waals surface area contributed by atoms with E-state index in [1.807, 2.05) is 48.5 Å². The molecule has 0 aliphatic carbocycles. The average Bonchev–Trinajstić information content (AvgIpc) is 2.39. The molecule has 0 aliphatic rings. The fourth-order valence-electron chi connectivity index (χ4n) is 1.75. The van der Waals surface area contributed by atoms with E-state index in [1.165, 1.54) is 0 Å². The third-order valence-corrected chi connectivity index (χ3v) is 2.62. The maximum absolute atomic E-state index is 5.66. The van der Waals surface area contributed by atoms with Crippen LogP contribution in [0.5, 0.6) is 0 Å². The summed E-state index contributed by atoms with van der Waals surface area (Å²) in [4.78, 5) is 8.63. The number of pyridine rings is 2. The van der Waals surface area contributed by atoms with Crippen molar-refractivity contribution in [2.45, 2.75) is 0 Å². The molecule has 1 aromatic carbocycles. The Morgan fingerprint density at radius 3 is 2.44 bits per heavy atom. The maximum Gasteiger partial charge on any atom is 0.163 e. The standard InChI is InChI=1S/C14H12N4/c15-12-8-6-10-7-9-13(18-14(10)17-12)16-11-4-2-1-3-5-11/h1-9H,(H3,15,16,17,18). The molecule has 88 valence electrons. The summed E-state index contributed by atoms with van der Waals surface area (Å²) in [5, 5.41) is 4.20. The maximum atomic E-state index is 5.66. The van der Waals surface area contributed by atoms with Crippen LogP contribution in [0.3, 0.4) is 0 Å². The third kappa shape index (κ3) is 2.08. The lowest BCUT2D eigenvalue weighted by atomic mass is 10.2. The number of hydrogen-bond donors (Lipinski definition) is 2. The molecule has 0 unspecified atom stereocenters. The second-order valence-electron chi connectivity index (χ2n) is 3.97. The Kier molecular flexibility index (Phi) is 2.53. The van der Waals surface area contributed by atoms with E-state index in [-0.39, 0.29) is 0 Å². The Balaban J connectivity index is 1.98. The highest BCUT2D eigenvalue weighted by Gasteiger charge is 2.00. The molecule has 0 atom stereocenters. The minimum absolute atomic E-state index is 0.479. The van der Waals surface area contributed by atoms with Crippen molar-refractivity contribution in [3.63, 3.8) is 0 Å². The zero-order valence-electron chi connectivity index (χ0n) is 9.67. The molecule has 0 amide bonds. The SMILES string of the molecule is Nc1ccc2ccc(Nc3ccccc3)nc2n1. The van der Waals surface area contributed by atoms with Gasteiger partial charge in [-0.3, -0.25) is 0 Å². The molecule has 4 nitrogen and oxygen atoms in total. The molecular formula is C14H12N4. The number of para-hydroxylation sites is 1. The number of hydrogen-bond acceptors (Lipinski definition) is 4. The first-order valence-electron chi connectivity index (χ1n) is 5.67. The minimum atomic E-state index is 0.479. The van der Waals surface area contributed by atoms with Gasteiger partial charge in [-0.15, -0.1) is 0 Å². The van der Waals surface area contributed by atoms with Crippen LogP contribution in [-0.4, -0.2) is 9.97 Å². The number of fused-ring (bicyclic) bond motifs is 1. The zero-order chi connectivity index (χ0) is 12.4. The Labute approximate surface area is 104 Å². The van der Waals surface area contributed by atoms with E-state index in [0.29, 0.717) is 11.5 Å². The number of nitrogens with one attached hydrogen (secondary N) is 1. The van der Waals surface area contributed by atoms with Gasteiger partial charge in [-0.1, -0.05) is 18.2 Å². The van der Waals surface area contributed by atoms with E-state index in [2.05, 4.69) is 15.3 Å². The fraction of sp³-hybridized carbons (Fsp3) is 0. The molecule has 0 fully saturated rings. The molecule has 0 spiro atoms. The molecule has 18 heavy (non-hydrogen) atoms. The average molecular weight is 236 g/mol. The van der Waals surface area contributed by atoms with Crippen molar-refractivity contribution in [3.05, 3.63) is 54.6 Å². The Bertz CT molecular complexity index is 680. The molecule has 2 heterocycles. The lowest BCUT2D eigenvalue weighted by Crippen LogP contribution is -1.96. The predicted molar refractivity (Wildman–Crippen MR) is 73.7 cm³/mol. The summed E-state index contributed by atoms with van der Waals surface area (Å²) < 4.78 is 0. The number of nitrogens with zero attached hydrogens (tertiary/aromatic N) is 2. The second-order valence-corrected chi connectivity index (χ2v) is 3.97. The summed E-state index contributed by atoms with van der Waals surface area (Å²) in [6.45, 7) is 0. The molecule has 0 aliphatic heterocycles. The Morgan fingerprint density at radius 2 is 1.61 bits per heavy atom. The highest BCUT2D eigenvalue weighted by Crippen LogP contribution is 2.18. The van der Waals surface area contributed by atoms with E-state index >= 15 is 0 Å². The molecule has 4 heteroatoms. The van der Waals surface area contributed by atoms with Crippen LogP contribution in [0.2, 0.25) is 0 Å². The number of rotatable bonds is 2. The van der Waals surface area contributed by atoms with Crippen molar-refractivity contribution in [3.8, 4) is 0 Å². The first kappa shape index (κ1) is 10.5. The highest BCUT2D eigenvalue weighted by atomic mass is 15.0. The number of anilines is 3. The van der Waals surface area contributed by atoms with Crippen molar-refractivity contribution >= 4 is 28.4 Å². The molecular weight excluding hydrogens is 224 g/mol. The van der Waals surface area contributed by atoms with Crippen LogP contribution in [0.1, 0.15) is 0 Å². The van der Waals surface area contributed by atoms with Crippen LogP contribution < -0.4 is 11.1 Å². The minimum Gasteiger partial charge on any atom is -0.384 e. The first-order chi connectivity index (χ1) is 8.81. The van der Waals surface area contributed by atoms with Crippen molar-refractivity contribution in [1.29, 1.82) is 0 Å². The van der Waals surface area contributed by atoms with Crippen molar-refractivity contribution in [2.24, 2.45) is 0 Å². The first-order valence-corrected chi connectivity index (χ1v) is 5.67. The summed E-state index contributed by atoms with van der Waals surface area (Å²) in [5.74, 6) is 1.23. The van der Waals surface area contributed by atoms with Gasteiger partial charge < -0.3 is 11.1 Å². The quantitative estimate of drug-likeness (QED) is 0.718. The fourth-order valence-corrected chi connectivity index (χ4v) is 1.75. The molecule has 3 aromatic rings. The summed E-state index contributed by atoms with van der Waals surface area (Å²) in [7, 11) is 0. The van der Waals surface area contributed by atoms with Gasteiger partial charge in [0.2, 0.25) is 0 Å². The van der Waals surface area contributed by atoms with Gasteiger partial charge in [-0.05, 0) is 36.4 Å². The van der Waals surface area contributed by atoms with E-state index in [0.717, 1.165) is 16.9 Å².